The van der Waals surface area contributed by atoms with E-state index in [1.54, 1.807) is 6.92 Å². The highest BCUT2D eigenvalue weighted by Crippen LogP contribution is 2.42. The molecule has 182 valence electrons. The number of alkyl halides is 6. The van der Waals surface area contributed by atoms with Gasteiger partial charge in [-0.3, -0.25) is 4.79 Å². The molecular weight excluding hydrogens is 460 g/mol. The summed E-state index contributed by atoms with van der Waals surface area (Å²) in [6.07, 6.45) is -6.93. The lowest BCUT2D eigenvalue weighted by atomic mass is 9.84. The number of aryl methyl sites for hydroxylation is 1. The van der Waals surface area contributed by atoms with E-state index in [9.17, 15) is 31.1 Å². The van der Waals surface area contributed by atoms with Crippen molar-refractivity contribution in [2.75, 3.05) is 6.61 Å². The fraction of sp³-hybridized carbons (Fsp3) is 0.400. The van der Waals surface area contributed by atoms with Gasteiger partial charge in [0.25, 0.3) is 0 Å². The summed E-state index contributed by atoms with van der Waals surface area (Å²) in [5, 5.41) is 0.463. The predicted molar refractivity (Wildman–Crippen MR) is 114 cm³/mol. The molecule has 0 aliphatic heterocycles. The van der Waals surface area contributed by atoms with Gasteiger partial charge in [0, 0.05) is 29.1 Å². The minimum absolute atomic E-state index is 0.0936. The number of esters is 1. The highest BCUT2D eigenvalue weighted by Gasteiger charge is 2.34. The normalized spacial score (nSPS) is 16.5. The molecule has 0 saturated carbocycles. The van der Waals surface area contributed by atoms with Crippen molar-refractivity contribution in [2.45, 2.75) is 57.4 Å². The summed E-state index contributed by atoms with van der Waals surface area (Å²) >= 11 is 0. The number of halogens is 6. The van der Waals surface area contributed by atoms with E-state index in [-0.39, 0.29) is 31.5 Å². The number of ether oxygens (including phenoxy) is 1. The Balaban J connectivity index is 1.82. The molecule has 0 fully saturated rings. The largest absolute Gasteiger partial charge is 0.466 e. The zero-order chi connectivity index (χ0) is 24.7. The van der Waals surface area contributed by atoms with Gasteiger partial charge in [-0.1, -0.05) is 12.1 Å². The van der Waals surface area contributed by atoms with Gasteiger partial charge in [0.2, 0.25) is 0 Å². The summed E-state index contributed by atoms with van der Waals surface area (Å²) < 4.78 is 86.0. The van der Waals surface area contributed by atoms with Crippen molar-refractivity contribution in [3.05, 3.63) is 70.4 Å². The van der Waals surface area contributed by atoms with Crippen molar-refractivity contribution >= 4 is 16.9 Å². The van der Waals surface area contributed by atoms with Crippen LogP contribution in [0.25, 0.3) is 10.9 Å². The predicted octanol–water partition coefficient (Wildman–Crippen LogP) is 7.10. The number of rotatable bonds is 5. The van der Waals surface area contributed by atoms with Crippen molar-refractivity contribution < 1.29 is 35.9 Å². The Morgan fingerprint density at radius 3 is 2.26 bits per heavy atom. The van der Waals surface area contributed by atoms with Crippen molar-refractivity contribution in [3.8, 4) is 0 Å². The lowest BCUT2D eigenvalue weighted by Crippen LogP contribution is -2.19. The molecule has 4 rings (SSSR count). The second-order valence-electron chi connectivity index (χ2n) is 8.47. The molecule has 3 aromatic rings. The molecule has 1 heterocycles. The van der Waals surface area contributed by atoms with Crippen molar-refractivity contribution in [3.63, 3.8) is 0 Å². The molecule has 0 bridgehead atoms. The van der Waals surface area contributed by atoms with E-state index in [0.29, 0.717) is 35.7 Å². The second-order valence-corrected chi connectivity index (χ2v) is 8.47. The average Bonchev–Trinajstić information content (AvgIpc) is 3.07. The van der Waals surface area contributed by atoms with Crippen LogP contribution < -0.4 is 0 Å². The molecule has 1 atom stereocenters. The zero-order valence-electron chi connectivity index (χ0n) is 18.4. The molecule has 2 aromatic carbocycles. The molecule has 0 saturated heterocycles. The van der Waals surface area contributed by atoms with Crippen molar-refractivity contribution in [2.24, 2.45) is 0 Å². The fourth-order valence-corrected chi connectivity index (χ4v) is 4.78. The monoisotopic (exact) mass is 483 g/mol. The van der Waals surface area contributed by atoms with E-state index in [0.717, 1.165) is 35.5 Å². The average molecular weight is 483 g/mol. The smallest absolute Gasteiger partial charge is 0.416 e. The van der Waals surface area contributed by atoms with Crippen LogP contribution >= 0.6 is 0 Å². The summed E-state index contributed by atoms with van der Waals surface area (Å²) in [4.78, 5) is 12.2. The Bertz CT molecular complexity index is 1190. The molecular formula is C25H23F6NO2. The molecule has 1 aromatic heterocycles. The summed E-state index contributed by atoms with van der Waals surface area (Å²) in [7, 11) is 0. The van der Waals surface area contributed by atoms with E-state index >= 15 is 0 Å². The highest BCUT2D eigenvalue weighted by atomic mass is 19.4. The van der Waals surface area contributed by atoms with Crippen molar-refractivity contribution in [1.82, 2.24) is 4.57 Å². The van der Waals surface area contributed by atoms with Gasteiger partial charge < -0.3 is 9.30 Å². The molecule has 0 radical (unpaired) electrons. The number of carbonyl (C=O) groups excluding carboxylic acids is 1. The van der Waals surface area contributed by atoms with Crippen LogP contribution in [0.15, 0.2) is 42.5 Å². The van der Waals surface area contributed by atoms with Crippen LogP contribution in [0.2, 0.25) is 0 Å². The topological polar surface area (TPSA) is 31.2 Å². The number of benzene rings is 2. The van der Waals surface area contributed by atoms with E-state index in [1.807, 2.05) is 4.57 Å². The van der Waals surface area contributed by atoms with Crippen LogP contribution in [0.1, 0.15) is 60.1 Å². The Hall–Kier alpha value is -2.97. The Morgan fingerprint density at radius 2 is 1.65 bits per heavy atom. The first kappa shape index (κ1) is 24.2. The first-order chi connectivity index (χ1) is 16.0. The lowest BCUT2D eigenvalue weighted by Gasteiger charge is -2.25. The summed E-state index contributed by atoms with van der Waals surface area (Å²) in [5.74, 6) is -0.637. The zero-order valence-corrected chi connectivity index (χ0v) is 18.4. The third kappa shape index (κ3) is 4.79. The molecule has 0 N–H and O–H groups in total. The Kier molecular flexibility index (Phi) is 6.40. The molecule has 1 aliphatic rings. The van der Waals surface area contributed by atoms with Gasteiger partial charge in [-0.15, -0.1) is 0 Å². The highest BCUT2D eigenvalue weighted by molar-refractivity contribution is 5.87. The maximum atomic E-state index is 13.4. The van der Waals surface area contributed by atoms with Gasteiger partial charge in [-0.25, -0.2) is 0 Å². The first-order valence-corrected chi connectivity index (χ1v) is 11.0. The molecule has 1 unspecified atom stereocenters. The maximum absolute atomic E-state index is 13.4. The molecule has 3 nitrogen and oxygen atoms in total. The van der Waals surface area contributed by atoms with Gasteiger partial charge in [-0.2, -0.15) is 26.3 Å². The van der Waals surface area contributed by atoms with Crippen LogP contribution in [0, 0.1) is 0 Å². The van der Waals surface area contributed by atoms with Gasteiger partial charge >= 0.3 is 18.3 Å². The third-order valence-corrected chi connectivity index (χ3v) is 6.25. The van der Waals surface area contributed by atoms with Crippen LogP contribution in [0.4, 0.5) is 26.3 Å². The molecule has 0 spiro atoms. The van der Waals surface area contributed by atoms with E-state index in [2.05, 4.69) is 0 Å². The van der Waals surface area contributed by atoms with Crippen LogP contribution in [-0.4, -0.2) is 17.1 Å². The number of carbonyl (C=O) groups is 1. The van der Waals surface area contributed by atoms with Gasteiger partial charge in [0.05, 0.1) is 24.2 Å². The van der Waals surface area contributed by atoms with E-state index < -0.39 is 23.5 Å². The Morgan fingerprint density at radius 1 is 1.00 bits per heavy atom. The number of hydrogen-bond acceptors (Lipinski definition) is 2. The molecule has 34 heavy (non-hydrogen) atoms. The number of nitrogens with zero attached hydrogens (tertiary/aromatic N) is 1. The number of aromatic nitrogens is 1. The van der Waals surface area contributed by atoms with Crippen LogP contribution in [0.3, 0.4) is 0 Å². The molecule has 0 amide bonds. The first-order valence-electron chi connectivity index (χ1n) is 11.0. The van der Waals surface area contributed by atoms with Gasteiger partial charge in [0.1, 0.15) is 0 Å². The standard InChI is InChI=1S/C25H23F6NO2/c1-2-34-22(33)12-16-4-3-5-19-20-13-18(25(29,30)31)10-11-21(20)32(23(16)19)14-15-6-8-17(9-7-15)24(26,27)28/h6-11,13,16H,2-5,12,14H2,1H3. The van der Waals surface area contributed by atoms with Gasteiger partial charge in [0.15, 0.2) is 0 Å². The van der Waals surface area contributed by atoms with E-state index in [4.69, 9.17) is 4.74 Å². The summed E-state index contributed by atoms with van der Waals surface area (Å²) in [6.45, 7) is 2.10. The minimum Gasteiger partial charge on any atom is -0.466 e. The minimum atomic E-state index is -4.50. The second kappa shape index (κ2) is 9.00. The van der Waals surface area contributed by atoms with Gasteiger partial charge in [-0.05, 0) is 67.6 Å². The van der Waals surface area contributed by atoms with Crippen LogP contribution in [-0.2, 0) is 34.8 Å². The molecule has 9 heteroatoms. The molecule has 1 aliphatic carbocycles. The lowest BCUT2D eigenvalue weighted by molar-refractivity contribution is -0.143. The van der Waals surface area contributed by atoms with Crippen LogP contribution in [0.5, 0.6) is 0 Å². The maximum Gasteiger partial charge on any atom is 0.416 e. The Labute approximate surface area is 192 Å². The number of hydrogen-bond donors (Lipinski definition) is 0. The van der Waals surface area contributed by atoms with Crippen molar-refractivity contribution in [1.29, 1.82) is 0 Å². The number of fused-ring (bicyclic) bond motifs is 3. The SMILES string of the molecule is CCOC(=O)CC1CCCc2c1n(Cc1ccc(C(F)(F)F)cc1)c1ccc(C(F)(F)F)cc21. The fourth-order valence-electron chi connectivity index (χ4n) is 4.78. The summed E-state index contributed by atoms with van der Waals surface area (Å²) in [5.41, 5.74) is 1.12. The third-order valence-electron chi connectivity index (χ3n) is 6.25. The summed E-state index contributed by atoms with van der Waals surface area (Å²) in [6, 6.07) is 8.27. The van der Waals surface area contributed by atoms with E-state index in [1.165, 1.54) is 18.2 Å². The quantitative estimate of drug-likeness (QED) is 0.286.